The van der Waals surface area contributed by atoms with Crippen molar-refractivity contribution in [3.8, 4) is 6.07 Å². The molecule has 0 unspecified atom stereocenters. The van der Waals surface area contributed by atoms with Gasteiger partial charge in [0.25, 0.3) is 0 Å². The number of carbonyl (C=O) groups is 1. The molecule has 0 bridgehead atoms. The molecule has 0 aromatic carbocycles. The molecule has 6 nitrogen and oxygen atoms in total. The average Bonchev–Trinajstić information content (AvgIpc) is 3.06. The molecule has 1 aliphatic carbocycles. The summed E-state index contributed by atoms with van der Waals surface area (Å²) in [6, 6.07) is 4.99. The Morgan fingerprint density at radius 1 is 1.50 bits per heavy atom. The molecule has 0 spiro atoms. The van der Waals surface area contributed by atoms with Crippen molar-refractivity contribution >= 4 is 15.8 Å². The maximum atomic E-state index is 12.2. The third-order valence-electron chi connectivity index (χ3n) is 3.38. The number of hydrogen-bond donors (Lipinski definition) is 1. The van der Waals surface area contributed by atoms with Gasteiger partial charge < -0.3 is 5.11 Å². The lowest BCUT2D eigenvalue weighted by molar-refractivity contribution is -0.138. The summed E-state index contributed by atoms with van der Waals surface area (Å²) >= 11 is 0. The summed E-state index contributed by atoms with van der Waals surface area (Å²) in [6.07, 6.45) is 2.55. The van der Waals surface area contributed by atoms with Gasteiger partial charge in [0.05, 0.1) is 17.9 Å². The maximum Gasteiger partial charge on any atom is 0.303 e. The van der Waals surface area contributed by atoms with Crippen LogP contribution in [0.1, 0.15) is 30.5 Å². The summed E-state index contributed by atoms with van der Waals surface area (Å²) < 4.78 is 24.4. The number of nitriles is 1. The van der Waals surface area contributed by atoms with Gasteiger partial charge in [0.2, 0.25) is 0 Å². The number of hydrogen-bond acceptors (Lipinski definition) is 5. The van der Waals surface area contributed by atoms with Gasteiger partial charge in [-0.2, -0.15) is 5.26 Å². The molecule has 1 aromatic heterocycles. The molecule has 1 aliphatic rings. The Morgan fingerprint density at radius 2 is 2.20 bits per heavy atom. The first kappa shape index (κ1) is 14.5. The molecule has 20 heavy (non-hydrogen) atoms. The van der Waals surface area contributed by atoms with Gasteiger partial charge in [-0.1, -0.05) is 6.07 Å². The van der Waals surface area contributed by atoms with Crippen molar-refractivity contribution < 1.29 is 18.3 Å². The second-order valence-electron chi connectivity index (χ2n) is 5.23. The highest BCUT2D eigenvalue weighted by Gasteiger charge is 2.47. The lowest BCUT2D eigenvalue weighted by Crippen LogP contribution is -2.22. The van der Waals surface area contributed by atoms with Crippen LogP contribution in [0.5, 0.6) is 0 Å². The molecular weight excluding hydrogens is 280 g/mol. The Hall–Kier alpha value is -1.94. The monoisotopic (exact) mass is 294 g/mol. The Balaban J connectivity index is 2.13. The molecule has 106 valence electrons. The number of pyridine rings is 1. The molecule has 0 saturated heterocycles. The van der Waals surface area contributed by atoms with Crippen LogP contribution in [-0.4, -0.2) is 30.2 Å². The summed E-state index contributed by atoms with van der Waals surface area (Å²) in [5.74, 6) is -1.39. The molecule has 7 heteroatoms. The van der Waals surface area contributed by atoms with Crippen molar-refractivity contribution in [2.45, 2.75) is 25.0 Å². The molecule has 0 amide bonds. The highest BCUT2D eigenvalue weighted by Crippen LogP contribution is 2.50. The summed E-state index contributed by atoms with van der Waals surface area (Å²) in [6.45, 7) is 0. The van der Waals surface area contributed by atoms with Crippen LogP contribution in [0.3, 0.4) is 0 Å². The van der Waals surface area contributed by atoms with Crippen LogP contribution >= 0.6 is 0 Å². The molecular formula is C13H14N2O4S. The Labute approximate surface area is 117 Å². The fourth-order valence-corrected chi connectivity index (χ4v) is 4.41. The molecule has 1 fully saturated rings. The normalized spacial score (nSPS) is 16.4. The van der Waals surface area contributed by atoms with E-state index < -0.39 is 21.2 Å². The van der Waals surface area contributed by atoms with Crippen LogP contribution in [-0.2, 0) is 20.4 Å². The SMILES string of the molecule is N#Cc1ncccc1CS(=O)(=O)CC1(CC(=O)O)CC1. The van der Waals surface area contributed by atoms with E-state index in [-0.39, 0.29) is 23.6 Å². The Bertz CT molecular complexity index is 672. The van der Waals surface area contributed by atoms with Gasteiger partial charge in [-0.15, -0.1) is 0 Å². The summed E-state index contributed by atoms with van der Waals surface area (Å²) in [7, 11) is -3.46. The fraction of sp³-hybridized carbons (Fsp3) is 0.462. The van der Waals surface area contributed by atoms with Gasteiger partial charge in [0.1, 0.15) is 11.8 Å². The van der Waals surface area contributed by atoms with E-state index in [9.17, 15) is 13.2 Å². The van der Waals surface area contributed by atoms with Crippen molar-refractivity contribution in [1.29, 1.82) is 5.26 Å². The average molecular weight is 294 g/mol. The van der Waals surface area contributed by atoms with Gasteiger partial charge in [-0.05, 0) is 24.3 Å². The lowest BCUT2D eigenvalue weighted by Gasteiger charge is -2.13. The Kier molecular flexibility index (Phi) is 3.77. The van der Waals surface area contributed by atoms with Crippen molar-refractivity contribution in [2.24, 2.45) is 5.41 Å². The topological polar surface area (TPSA) is 108 Å². The molecule has 1 N–H and O–H groups in total. The summed E-state index contributed by atoms with van der Waals surface area (Å²) in [5.41, 5.74) is -0.153. The minimum atomic E-state index is -3.46. The van der Waals surface area contributed by atoms with E-state index in [2.05, 4.69) is 4.98 Å². The van der Waals surface area contributed by atoms with Gasteiger partial charge in [-0.3, -0.25) is 4.79 Å². The van der Waals surface area contributed by atoms with Crippen molar-refractivity contribution in [3.63, 3.8) is 0 Å². The smallest absolute Gasteiger partial charge is 0.303 e. The van der Waals surface area contributed by atoms with Gasteiger partial charge in [0.15, 0.2) is 9.84 Å². The number of sulfone groups is 1. The van der Waals surface area contributed by atoms with E-state index in [0.717, 1.165) is 0 Å². The van der Waals surface area contributed by atoms with E-state index in [1.807, 2.05) is 6.07 Å². The number of nitrogens with zero attached hydrogens (tertiary/aromatic N) is 2. The molecule has 0 atom stereocenters. The number of aliphatic carboxylic acids is 1. The van der Waals surface area contributed by atoms with Gasteiger partial charge in [-0.25, -0.2) is 13.4 Å². The highest BCUT2D eigenvalue weighted by molar-refractivity contribution is 7.90. The van der Waals surface area contributed by atoms with E-state index in [4.69, 9.17) is 10.4 Å². The molecule has 1 heterocycles. The first-order valence-corrected chi connectivity index (χ1v) is 7.94. The van der Waals surface area contributed by atoms with E-state index >= 15 is 0 Å². The number of carboxylic acids is 1. The number of carboxylic acid groups (broad SMARTS) is 1. The molecule has 2 rings (SSSR count). The minimum Gasteiger partial charge on any atom is -0.481 e. The van der Waals surface area contributed by atoms with Crippen LogP contribution < -0.4 is 0 Å². The lowest BCUT2D eigenvalue weighted by atomic mass is 10.1. The first-order valence-electron chi connectivity index (χ1n) is 6.12. The highest BCUT2D eigenvalue weighted by atomic mass is 32.2. The predicted molar refractivity (Wildman–Crippen MR) is 70.4 cm³/mol. The largest absolute Gasteiger partial charge is 0.481 e. The third-order valence-corrected chi connectivity index (χ3v) is 5.19. The standard InChI is InChI=1S/C13H14N2O4S/c14-7-11-10(2-1-5-15-11)8-20(18,19)9-13(3-4-13)6-12(16)17/h1-2,5H,3-4,6,8-9H2,(H,16,17). The molecule has 1 saturated carbocycles. The molecule has 1 aromatic rings. The van der Waals surface area contributed by atoms with Gasteiger partial charge >= 0.3 is 5.97 Å². The third kappa shape index (κ3) is 3.54. The zero-order valence-corrected chi connectivity index (χ0v) is 11.6. The quantitative estimate of drug-likeness (QED) is 0.842. The van der Waals surface area contributed by atoms with Crippen LogP contribution in [0.25, 0.3) is 0 Å². The summed E-state index contributed by atoms with van der Waals surface area (Å²) in [4.78, 5) is 14.6. The zero-order valence-electron chi connectivity index (χ0n) is 10.7. The van der Waals surface area contributed by atoms with E-state index in [1.54, 1.807) is 12.1 Å². The van der Waals surface area contributed by atoms with Crippen LogP contribution in [0.2, 0.25) is 0 Å². The fourth-order valence-electron chi connectivity index (χ4n) is 2.28. The van der Waals surface area contributed by atoms with Gasteiger partial charge in [0, 0.05) is 11.8 Å². The Morgan fingerprint density at radius 3 is 2.75 bits per heavy atom. The second-order valence-corrected chi connectivity index (χ2v) is 7.29. The molecule has 0 radical (unpaired) electrons. The number of aromatic nitrogens is 1. The van der Waals surface area contributed by atoms with Crippen molar-refractivity contribution in [1.82, 2.24) is 4.98 Å². The van der Waals surface area contributed by atoms with E-state index in [0.29, 0.717) is 18.4 Å². The minimum absolute atomic E-state index is 0.0964. The van der Waals surface area contributed by atoms with Crippen LogP contribution in [0.15, 0.2) is 18.3 Å². The zero-order chi connectivity index (χ0) is 14.8. The van der Waals surface area contributed by atoms with Crippen molar-refractivity contribution in [3.05, 3.63) is 29.6 Å². The maximum absolute atomic E-state index is 12.2. The van der Waals surface area contributed by atoms with Crippen LogP contribution in [0.4, 0.5) is 0 Å². The molecule has 0 aliphatic heterocycles. The second kappa shape index (κ2) is 5.21. The summed E-state index contributed by atoms with van der Waals surface area (Å²) in [5, 5.41) is 17.7. The van der Waals surface area contributed by atoms with Crippen LogP contribution in [0, 0.1) is 16.7 Å². The number of rotatable bonds is 6. The van der Waals surface area contributed by atoms with E-state index in [1.165, 1.54) is 6.20 Å². The first-order chi connectivity index (χ1) is 9.36. The predicted octanol–water partition coefficient (Wildman–Crippen LogP) is 1.12. The van der Waals surface area contributed by atoms with Crippen molar-refractivity contribution in [2.75, 3.05) is 5.75 Å².